The first-order valence-corrected chi connectivity index (χ1v) is 12.4. The molecule has 2 aromatic rings. The van der Waals surface area contributed by atoms with Crippen LogP contribution in [0.15, 0.2) is 24.3 Å². The molecule has 4 N–H and O–H groups in total. The quantitative estimate of drug-likeness (QED) is 0.626. The number of benzene rings is 1. The van der Waals surface area contributed by atoms with Gasteiger partial charge in [-0.1, -0.05) is 26.0 Å². The summed E-state index contributed by atoms with van der Waals surface area (Å²) in [5.41, 5.74) is 8.22. The summed E-state index contributed by atoms with van der Waals surface area (Å²) >= 11 is 1.65. The number of piperidine rings is 1. The Morgan fingerprint density at radius 3 is 2.90 bits per heavy atom. The molecule has 0 bridgehead atoms. The highest BCUT2D eigenvalue weighted by atomic mass is 32.1. The molecule has 0 amide bonds. The van der Waals surface area contributed by atoms with E-state index < -0.39 is 0 Å². The monoisotopic (exact) mass is 430 g/mol. The third-order valence-electron chi connectivity index (χ3n) is 6.03. The summed E-state index contributed by atoms with van der Waals surface area (Å²) in [6.45, 7) is 9.15. The smallest absolute Gasteiger partial charge is 0.180 e. The van der Waals surface area contributed by atoms with Crippen molar-refractivity contribution in [3.63, 3.8) is 0 Å². The zero-order valence-corrected chi connectivity index (χ0v) is 19.4. The predicted octanol–water partition coefficient (Wildman–Crippen LogP) is 4.56. The Hall–Kier alpha value is -1.63. The van der Waals surface area contributed by atoms with E-state index in [1.54, 1.807) is 17.4 Å². The van der Waals surface area contributed by atoms with Gasteiger partial charge in [-0.3, -0.25) is 0 Å². The van der Waals surface area contributed by atoms with Crippen molar-refractivity contribution in [3.05, 3.63) is 40.4 Å². The van der Waals surface area contributed by atoms with Gasteiger partial charge in [0.15, 0.2) is 5.13 Å². The molecular weight excluding hydrogens is 392 g/mol. The largest absolute Gasteiger partial charge is 0.508 e. The highest BCUT2D eigenvalue weighted by Gasteiger charge is 2.22. The van der Waals surface area contributed by atoms with Crippen LogP contribution in [0, 0.1) is 0 Å². The van der Waals surface area contributed by atoms with Crippen LogP contribution in [-0.2, 0) is 12.8 Å². The number of phenolic OH excluding ortho intramolecular Hbond substituents is 1. The minimum absolute atomic E-state index is 0.394. The van der Waals surface area contributed by atoms with Crippen molar-refractivity contribution < 1.29 is 5.11 Å². The van der Waals surface area contributed by atoms with Crippen LogP contribution in [0.1, 0.15) is 68.0 Å². The first-order chi connectivity index (χ1) is 14.6. The lowest BCUT2D eigenvalue weighted by atomic mass is 9.90. The molecule has 1 aromatic carbocycles. The molecule has 1 fully saturated rings. The van der Waals surface area contributed by atoms with Crippen molar-refractivity contribution in [1.82, 2.24) is 15.2 Å². The number of anilines is 1. The van der Waals surface area contributed by atoms with E-state index >= 15 is 0 Å². The van der Waals surface area contributed by atoms with Crippen molar-refractivity contribution in [2.45, 2.75) is 70.8 Å². The molecule has 166 valence electrons. The van der Waals surface area contributed by atoms with Crippen LogP contribution < -0.4 is 11.1 Å². The van der Waals surface area contributed by atoms with E-state index in [-0.39, 0.29) is 0 Å². The van der Waals surface area contributed by atoms with Gasteiger partial charge in [0.1, 0.15) is 5.75 Å². The molecule has 1 aliphatic heterocycles. The number of nitrogens with two attached hydrogens (primary N) is 1. The van der Waals surface area contributed by atoms with E-state index in [9.17, 15) is 5.11 Å². The van der Waals surface area contributed by atoms with Crippen molar-refractivity contribution in [2.75, 3.05) is 31.9 Å². The van der Waals surface area contributed by atoms with Crippen LogP contribution >= 0.6 is 11.3 Å². The van der Waals surface area contributed by atoms with E-state index in [1.165, 1.54) is 61.3 Å². The maximum absolute atomic E-state index is 9.50. The van der Waals surface area contributed by atoms with Crippen molar-refractivity contribution in [1.29, 1.82) is 0 Å². The van der Waals surface area contributed by atoms with Crippen LogP contribution in [0.25, 0.3) is 0 Å². The van der Waals surface area contributed by atoms with Gasteiger partial charge in [-0.05, 0) is 88.2 Å². The van der Waals surface area contributed by atoms with Crippen molar-refractivity contribution in [2.24, 2.45) is 0 Å². The minimum Gasteiger partial charge on any atom is -0.508 e. The zero-order valence-electron chi connectivity index (χ0n) is 18.6. The van der Waals surface area contributed by atoms with Gasteiger partial charge in [-0.15, -0.1) is 11.3 Å². The summed E-state index contributed by atoms with van der Waals surface area (Å²) < 4.78 is 0. The molecule has 6 heteroatoms. The second kappa shape index (κ2) is 11.7. The number of thiazole rings is 1. The van der Waals surface area contributed by atoms with E-state index in [2.05, 4.69) is 35.1 Å². The summed E-state index contributed by atoms with van der Waals surface area (Å²) in [7, 11) is 0. The standard InChI is InChI=1S/C14H21NO.C10H17N3S/c1-2-8-15-9-4-6-13(11-15)12-5-3-7-14(16)10-12;1-2-5-12-7-3-4-8-9(6-7)14-10(11)13-8/h3,5,7,10,13,16H,2,4,6,8-9,11H2,1H3;7,12H,2-6H2,1H3,(H2,11,13)/t13-;7-/m10/s1. The van der Waals surface area contributed by atoms with Gasteiger partial charge >= 0.3 is 0 Å². The van der Waals surface area contributed by atoms with Crippen LogP contribution in [0.2, 0.25) is 0 Å². The molecule has 2 aliphatic rings. The topological polar surface area (TPSA) is 74.4 Å². The Morgan fingerprint density at radius 2 is 2.13 bits per heavy atom. The fourth-order valence-corrected chi connectivity index (χ4v) is 5.50. The second-order valence-electron chi connectivity index (χ2n) is 8.55. The lowest BCUT2D eigenvalue weighted by molar-refractivity contribution is 0.208. The van der Waals surface area contributed by atoms with Gasteiger partial charge in [0.25, 0.3) is 0 Å². The van der Waals surface area contributed by atoms with Gasteiger partial charge in [0.2, 0.25) is 0 Å². The van der Waals surface area contributed by atoms with Gasteiger partial charge in [0, 0.05) is 17.5 Å². The molecule has 30 heavy (non-hydrogen) atoms. The fourth-order valence-electron chi connectivity index (χ4n) is 4.54. The maximum Gasteiger partial charge on any atom is 0.180 e. The molecule has 0 saturated carbocycles. The molecule has 0 unspecified atom stereocenters. The van der Waals surface area contributed by atoms with Crippen LogP contribution in [0.5, 0.6) is 5.75 Å². The highest BCUT2D eigenvalue weighted by Crippen LogP contribution is 2.29. The van der Waals surface area contributed by atoms with Gasteiger partial charge in [-0.25, -0.2) is 4.98 Å². The zero-order chi connectivity index (χ0) is 21.3. The normalized spacial score (nSPS) is 21.5. The molecule has 0 spiro atoms. The molecule has 1 aliphatic carbocycles. The second-order valence-corrected chi connectivity index (χ2v) is 9.67. The number of aromatic nitrogens is 1. The van der Waals surface area contributed by atoms with E-state index in [1.807, 2.05) is 12.1 Å². The summed E-state index contributed by atoms with van der Waals surface area (Å²) in [5.74, 6) is 0.998. The van der Waals surface area contributed by atoms with Gasteiger partial charge in [0.05, 0.1) is 5.69 Å². The Morgan fingerprint density at radius 1 is 1.27 bits per heavy atom. The molecule has 5 nitrogen and oxygen atoms in total. The maximum atomic E-state index is 9.50. The number of aryl methyl sites for hydroxylation is 1. The lowest BCUT2D eigenvalue weighted by Gasteiger charge is -2.32. The highest BCUT2D eigenvalue weighted by molar-refractivity contribution is 7.15. The summed E-state index contributed by atoms with van der Waals surface area (Å²) in [4.78, 5) is 8.27. The van der Waals surface area contributed by atoms with Gasteiger partial charge < -0.3 is 21.1 Å². The minimum atomic E-state index is 0.394. The average Bonchev–Trinajstić information content (AvgIpc) is 3.12. The van der Waals surface area contributed by atoms with Crippen LogP contribution in [0.3, 0.4) is 0 Å². The number of phenols is 1. The average molecular weight is 431 g/mol. The van der Waals surface area contributed by atoms with Crippen molar-refractivity contribution in [3.8, 4) is 5.75 Å². The number of aromatic hydroxyl groups is 1. The number of hydrogen-bond donors (Lipinski definition) is 3. The molecule has 2 heterocycles. The molecule has 1 saturated heterocycles. The van der Waals surface area contributed by atoms with Crippen molar-refractivity contribution >= 4 is 16.5 Å². The number of nitrogens with zero attached hydrogens (tertiary/aromatic N) is 2. The Kier molecular flexibility index (Phi) is 8.97. The van der Waals surface area contributed by atoms with E-state index in [4.69, 9.17) is 5.73 Å². The third kappa shape index (κ3) is 6.69. The molecule has 1 aromatic heterocycles. The van der Waals surface area contributed by atoms with E-state index in [0.717, 1.165) is 31.1 Å². The molecule has 0 radical (unpaired) electrons. The summed E-state index contributed by atoms with van der Waals surface area (Å²) in [6, 6.07) is 8.39. The molecule has 4 rings (SSSR count). The number of fused-ring (bicyclic) bond motifs is 1. The first kappa shape index (κ1) is 23.0. The molecular formula is C24H38N4OS. The Labute approximate surface area is 185 Å². The number of rotatable bonds is 6. The summed E-state index contributed by atoms with van der Waals surface area (Å²) in [5, 5.41) is 13.8. The Bertz CT molecular complexity index is 776. The first-order valence-electron chi connectivity index (χ1n) is 11.6. The van der Waals surface area contributed by atoms with Crippen LogP contribution in [-0.4, -0.2) is 47.2 Å². The van der Waals surface area contributed by atoms with E-state index in [0.29, 0.717) is 17.7 Å². The summed E-state index contributed by atoms with van der Waals surface area (Å²) in [6.07, 6.45) is 8.37. The number of nitrogens with one attached hydrogen (secondary N) is 1. The molecule has 2 atom stereocenters. The van der Waals surface area contributed by atoms with Crippen LogP contribution in [0.4, 0.5) is 5.13 Å². The number of hydrogen-bond acceptors (Lipinski definition) is 6. The fraction of sp³-hybridized carbons (Fsp3) is 0.625. The Balaban J connectivity index is 0.000000172. The van der Waals surface area contributed by atoms with Gasteiger partial charge in [-0.2, -0.15) is 0 Å². The third-order valence-corrected chi connectivity index (χ3v) is 6.98. The number of likely N-dealkylation sites (tertiary alicyclic amines) is 1. The lowest BCUT2D eigenvalue weighted by Crippen LogP contribution is -2.34. The predicted molar refractivity (Wildman–Crippen MR) is 127 cm³/mol. The number of nitrogen functional groups attached to an aromatic ring is 1. The SMILES string of the molecule is CCCN1CCC[C@@H](c2cccc(O)c2)C1.CCCN[C@H]1CCc2nc(N)sc2C1.